The van der Waals surface area contributed by atoms with Gasteiger partial charge in [0.2, 0.25) is 0 Å². The van der Waals surface area contributed by atoms with Gasteiger partial charge in [0.15, 0.2) is 0 Å². The Hall–Kier alpha value is -0.990. The molecule has 0 heterocycles. The molecule has 0 aromatic heterocycles. The summed E-state index contributed by atoms with van der Waals surface area (Å²) in [5.41, 5.74) is 0.0681. The molecule has 2 N–H and O–H groups in total. The zero-order chi connectivity index (χ0) is 7.44. The van der Waals surface area contributed by atoms with Crippen LogP contribution in [0.3, 0.4) is 0 Å². The number of hydrogen-bond donors (Lipinski definition) is 2. The second-order valence-corrected chi connectivity index (χ2v) is 1.77. The summed E-state index contributed by atoms with van der Waals surface area (Å²) >= 11 is 0. The summed E-state index contributed by atoms with van der Waals surface area (Å²) in [4.78, 5) is 0. The number of halogens is 1. The summed E-state index contributed by atoms with van der Waals surface area (Å²) in [6, 6.07) is 0. The zero-order valence-corrected chi connectivity index (χ0v) is 5.46. The molecule has 0 saturated carbocycles. The third kappa shape index (κ3) is 2.17. The summed E-state index contributed by atoms with van der Waals surface area (Å²) in [6.07, 6.45) is 0.896. The topological polar surface area (TPSA) is 47.7 Å². The SMILES string of the molecule is CC(=N)/C(F)=C(/C)C=N. The molecule has 0 unspecified atom stereocenters. The molecular weight excluding hydrogens is 119 g/mol. The quantitative estimate of drug-likeness (QED) is 0.534. The van der Waals surface area contributed by atoms with Crippen molar-refractivity contribution in [3.05, 3.63) is 11.4 Å². The lowest BCUT2D eigenvalue weighted by Crippen LogP contribution is -1.93. The lowest BCUT2D eigenvalue weighted by molar-refractivity contribution is 0.672. The maximum atomic E-state index is 12.4. The van der Waals surface area contributed by atoms with E-state index in [0.717, 1.165) is 6.21 Å². The van der Waals surface area contributed by atoms with Gasteiger partial charge in [-0.25, -0.2) is 4.39 Å². The van der Waals surface area contributed by atoms with Crippen LogP contribution in [0.5, 0.6) is 0 Å². The molecule has 0 aromatic carbocycles. The van der Waals surface area contributed by atoms with Crippen LogP contribution in [-0.2, 0) is 0 Å². The fraction of sp³-hybridized carbons (Fsp3) is 0.333. The van der Waals surface area contributed by atoms with Crippen LogP contribution in [0.1, 0.15) is 13.8 Å². The van der Waals surface area contributed by atoms with Gasteiger partial charge in [-0.15, -0.1) is 0 Å². The van der Waals surface area contributed by atoms with Crippen molar-refractivity contribution in [3.8, 4) is 0 Å². The van der Waals surface area contributed by atoms with E-state index in [9.17, 15) is 4.39 Å². The average Bonchev–Trinajstić information content (AvgIpc) is 1.84. The normalized spacial score (nSPS) is 12.3. The molecule has 0 bridgehead atoms. The van der Waals surface area contributed by atoms with Crippen LogP contribution >= 0.6 is 0 Å². The minimum atomic E-state index is -0.606. The lowest BCUT2D eigenvalue weighted by Gasteiger charge is -1.93. The number of hydrogen-bond acceptors (Lipinski definition) is 2. The summed E-state index contributed by atoms with van der Waals surface area (Å²) in [5.74, 6) is -0.606. The van der Waals surface area contributed by atoms with Crippen molar-refractivity contribution in [2.24, 2.45) is 0 Å². The Morgan fingerprint density at radius 3 is 2.00 bits per heavy atom. The summed E-state index contributed by atoms with van der Waals surface area (Å²) < 4.78 is 12.4. The van der Waals surface area contributed by atoms with Gasteiger partial charge in [-0.1, -0.05) is 0 Å². The number of nitrogens with one attached hydrogen (secondary N) is 2. The smallest absolute Gasteiger partial charge is 0.148 e. The Balaban J connectivity index is 4.47. The molecule has 2 nitrogen and oxygen atoms in total. The molecule has 0 aromatic rings. The van der Waals surface area contributed by atoms with Crippen molar-refractivity contribution in [1.82, 2.24) is 0 Å². The van der Waals surface area contributed by atoms with Crippen LogP contribution in [0.15, 0.2) is 11.4 Å². The molecule has 3 heteroatoms. The predicted molar refractivity (Wildman–Crippen MR) is 36.0 cm³/mol. The Morgan fingerprint density at radius 2 is 1.89 bits per heavy atom. The molecule has 0 rings (SSSR count). The van der Waals surface area contributed by atoms with Crippen LogP contribution in [0, 0.1) is 10.8 Å². The van der Waals surface area contributed by atoms with Crippen molar-refractivity contribution in [2.75, 3.05) is 0 Å². The van der Waals surface area contributed by atoms with Crippen LogP contribution in [0.25, 0.3) is 0 Å². The summed E-state index contributed by atoms with van der Waals surface area (Å²) in [5, 5.41) is 13.4. The van der Waals surface area contributed by atoms with Gasteiger partial charge in [0, 0.05) is 11.8 Å². The van der Waals surface area contributed by atoms with Crippen molar-refractivity contribution in [2.45, 2.75) is 13.8 Å². The Bertz CT molecular complexity index is 170. The maximum Gasteiger partial charge on any atom is 0.148 e. The molecule has 0 atom stereocenters. The van der Waals surface area contributed by atoms with E-state index in [1.54, 1.807) is 0 Å². The van der Waals surface area contributed by atoms with Crippen LogP contribution in [-0.4, -0.2) is 11.9 Å². The first kappa shape index (κ1) is 8.01. The van der Waals surface area contributed by atoms with E-state index in [1.165, 1.54) is 13.8 Å². The monoisotopic (exact) mass is 128 g/mol. The Morgan fingerprint density at radius 1 is 1.44 bits per heavy atom. The second-order valence-electron chi connectivity index (χ2n) is 1.77. The van der Waals surface area contributed by atoms with Crippen molar-refractivity contribution in [3.63, 3.8) is 0 Å². The van der Waals surface area contributed by atoms with Crippen molar-refractivity contribution >= 4 is 11.9 Å². The van der Waals surface area contributed by atoms with Gasteiger partial charge in [-0.2, -0.15) is 0 Å². The molecular formula is C6H9FN2. The fourth-order valence-corrected chi connectivity index (χ4v) is 0.359. The molecule has 50 valence electrons. The molecule has 0 spiro atoms. The highest BCUT2D eigenvalue weighted by Gasteiger charge is 1.99. The van der Waals surface area contributed by atoms with E-state index in [-0.39, 0.29) is 11.3 Å². The highest BCUT2D eigenvalue weighted by atomic mass is 19.1. The van der Waals surface area contributed by atoms with Gasteiger partial charge in [0.05, 0.1) is 5.71 Å². The fourth-order valence-electron chi connectivity index (χ4n) is 0.359. The van der Waals surface area contributed by atoms with E-state index in [4.69, 9.17) is 10.8 Å². The minimum Gasteiger partial charge on any atom is -0.308 e. The highest BCUT2D eigenvalue weighted by Crippen LogP contribution is 2.03. The molecule has 0 amide bonds. The maximum absolute atomic E-state index is 12.4. The highest BCUT2D eigenvalue weighted by molar-refractivity contribution is 5.98. The second kappa shape index (κ2) is 3.12. The summed E-state index contributed by atoms with van der Waals surface area (Å²) in [6.45, 7) is 2.81. The lowest BCUT2D eigenvalue weighted by atomic mass is 10.2. The Kier molecular flexibility index (Phi) is 2.78. The van der Waals surface area contributed by atoms with Gasteiger partial charge >= 0.3 is 0 Å². The summed E-state index contributed by atoms with van der Waals surface area (Å²) in [7, 11) is 0. The Labute approximate surface area is 53.4 Å². The van der Waals surface area contributed by atoms with Crippen molar-refractivity contribution in [1.29, 1.82) is 10.8 Å². The number of rotatable bonds is 2. The molecule has 0 fully saturated rings. The van der Waals surface area contributed by atoms with Crippen molar-refractivity contribution < 1.29 is 4.39 Å². The number of allylic oxidation sites excluding steroid dienone is 2. The molecule has 0 saturated heterocycles. The van der Waals surface area contributed by atoms with Gasteiger partial charge < -0.3 is 10.8 Å². The molecule has 0 aliphatic carbocycles. The average molecular weight is 128 g/mol. The largest absolute Gasteiger partial charge is 0.308 e. The predicted octanol–water partition coefficient (Wildman–Crippen LogP) is 1.92. The van der Waals surface area contributed by atoms with Gasteiger partial charge in [0.1, 0.15) is 5.83 Å². The standard InChI is InChI=1S/C6H9FN2/c1-4(3-8)6(7)5(2)9/h3,8-9H,1-2H3/b6-4+,8-3?,9-5?. The first-order valence-corrected chi connectivity index (χ1v) is 2.52. The minimum absolute atomic E-state index is 0.129. The molecule has 0 aliphatic heterocycles. The van der Waals surface area contributed by atoms with Crippen LogP contribution < -0.4 is 0 Å². The van der Waals surface area contributed by atoms with Gasteiger partial charge in [0.25, 0.3) is 0 Å². The van der Waals surface area contributed by atoms with Crippen LogP contribution in [0.2, 0.25) is 0 Å². The molecule has 0 aliphatic rings. The van der Waals surface area contributed by atoms with E-state index < -0.39 is 5.83 Å². The van der Waals surface area contributed by atoms with Gasteiger partial charge in [-0.3, -0.25) is 0 Å². The third-order valence-corrected chi connectivity index (χ3v) is 0.892. The zero-order valence-electron chi connectivity index (χ0n) is 5.46. The van der Waals surface area contributed by atoms with E-state index in [2.05, 4.69) is 0 Å². The van der Waals surface area contributed by atoms with Crippen LogP contribution in [0.4, 0.5) is 4.39 Å². The first-order chi connectivity index (χ1) is 4.09. The van der Waals surface area contributed by atoms with E-state index in [0.29, 0.717) is 0 Å². The molecule has 0 radical (unpaired) electrons. The van der Waals surface area contributed by atoms with Gasteiger partial charge in [-0.05, 0) is 13.8 Å². The molecule has 9 heavy (non-hydrogen) atoms. The van der Waals surface area contributed by atoms with E-state index in [1.807, 2.05) is 0 Å². The first-order valence-electron chi connectivity index (χ1n) is 2.52. The third-order valence-electron chi connectivity index (χ3n) is 0.892. The van der Waals surface area contributed by atoms with E-state index >= 15 is 0 Å².